The van der Waals surface area contributed by atoms with Crippen LogP contribution in [0.5, 0.6) is 0 Å². The Bertz CT molecular complexity index is 419. The molecule has 0 saturated carbocycles. The van der Waals surface area contributed by atoms with Gasteiger partial charge in [-0.05, 0) is 30.0 Å². The van der Waals surface area contributed by atoms with Crippen molar-refractivity contribution in [1.29, 1.82) is 0 Å². The van der Waals surface area contributed by atoms with Gasteiger partial charge in [-0.25, -0.2) is 0 Å². The molecule has 1 saturated heterocycles. The number of hydrogen-bond donors (Lipinski definition) is 1. The summed E-state index contributed by atoms with van der Waals surface area (Å²) in [6, 6.07) is 7.46. The number of ether oxygens (including phenoxy) is 1. The summed E-state index contributed by atoms with van der Waals surface area (Å²) < 4.78 is 5.56. The third-order valence-corrected chi connectivity index (χ3v) is 4.09. The van der Waals surface area contributed by atoms with Gasteiger partial charge in [-0.1, -0.05) is 19.1 Å². The van der Waals surface area contributed by atoms with Crippen molar-refractivity contribution in [1.82, 2.24) is 4.90 Å². The molecule has 0 radical (unpaired) electrons. The van der Waals surface area contributed by atoms with Crippen molar-refractivity contribution in [2.45, 2.75) is 32.4 Å². The Kier molecular flexibility index (Phi) is 3.52. The van der Waals surface area contributed by atoms with Crippen molar-refractivity contribution in [3.8, 4) is 0 Å². The van der Waals surface area contributed by atoms with Gasteiger partial charge in [-0.2, -0.15) is 0 Å². The summed E-state index contributed by atoms with van der Waals surface area (Å²) >= 11 is 0. The normalized spacial score (nSPS) is 23.7. The van der Waals surface area contributed by atoms with E-state index in [0.29, 0.717) is 6.04 Å². The van der Waals surface area contributed by atoms with Crippen LogP contribution in [-0.2, 0) is 17.7 Å². The lowest BCUT2D eigenvalue weighted by Gasteiger charge is -2.35. The van der Waals surface area contributed by atoms with E-state index in [4.69, 9.17) is 4.74 Å². The number of nitrogens with zero attached hydrogens (tertiary/aromatic N) is 1. The van der Waals surface area contributed by atoms with E-state index < -0.39 is 0 Å². The minimum Gasteiger partial charge on any atom is -0.384 e. The average Bonchev–Trinajstić information content (AvgIpc) is 2.87. The molecule has 3 nitrogen and oxygen atoms in total. The number of nitrogens with one attached hydrogen (secondary N) is 1. The number of anilines is 1. The Hall–Kier alpha value is -1.06. The fourth-order valence-corrected chi connectivity index (χ4v) is 2.96. The van der Waals surface area contributed by atoms with Gasteiger partial charge >= 0.3 is 0 Å². The molecule has 1 aromatic carbocycles. The molecule has 0 bridgehead atoms. The van der Waals surface area contributed by atoms with Crippen molar-refractivity contribution in [2.75, 3.05) is 31.6 Å². The topological polar surface area (TPSA) is 24.5 Å². The van der Waals surface area contributed by atoms with E-state index in [1.165, 1.54) is 29.7 Å². The van der Waals surface area contributed by atoms with Gasteiger partial charge in [0, 0.05) is 31.4 Å². The van der Waals surface area contributed by atoms with Crippen molar-refractivity contribution in [2.24, 2.45) is 0 Å². The highest BCUT2D eigenvalue weighted by molar-refractivity contribution is 5.56. The Morgan fingerprint density at radius 3 is 3.28 bits per heavy atom. The maximum Gasteiger partial charge on any atom is 0.0622 e. The third kappa shape index (κ3) is 2.38. The first-order chi connectivity index (χ1) is 8.86. The smallest absolute Gasteiger partial charge is 0.0622 e. The summed E-state index contributed by atoms with van der Waals surface area (Å²) in [5.41, 5.74) is 4.25. The Morgan fingerprint density at radius 2 is 2.39 bits per heavy atom. The molecule has 2 aliphatic rings. The van der Waals surface area contributed by atoms with Gasteiger partial charge in [0.1, 0.15) is 0 Å². The van der Waals surface area contributed by atoms with Gasteiger partial charge in [0.05, 0.1) is 13.2 Å². The van der Waals surface area contributed by atoms with Crippen LogP contribution in [0.4, 0.5) is 5.69 Å². The first-order valence-corrected chi connectivity index (χ1v) is 7.04. The second-order valence-electron chi connectivity index (χ2n) is 5.28. The highest BCUT2D eigenvalue weighted by Crippen LogP contribution is 2.24. The van der Waals surface area contributed by atoms with E-state index in [9.17, 15) is 0 Å². The lowest BCUT2D eigenvalue weighted by molar-refractivity contribution is -0.0127. The molecule has 3 rings (SSSR count). The Morgan fingerprint density at radius 1 is 1.44 bits per heavy atom. The molecular weight excluding hydrogens is 224 g/mol. The number of benzene rings is 1. The first kappa shape index (κ1) is 12.0. The van der Waals surface area contributed by atoms with Crippen molar-refractivity contribution < 1.29 is 4.74 Å². The van der Waals surface area contributed by atoms with Gasteiger partial charge in [-0.15, -0.1) is 0 Å². The monoisotopic (exact) mass is 246 g/mol. The molecule has 1 unspecified atom stereocenters. The van der Waals surface area contributed by atoms with E-state index in [2.05, 4.69) is 35.3 Å². The first-order valence-electron chi connectivity index (χ1n) is 7.04. The van der Waals surface area contributed by atoms with Crippen LogP contribution >= 0.6 is 0 Å². The SMILES string of the molecule is CCC1COCCN1Cc1ccc2c(c1)CCN2. The predicted octanol–water partition coefficient (Wildman–Crippen LogP) is 2.27. The maximum atomic E-state index is 5.56. The molecular formula is C15H22N2O. The largest absolute Gasteiger partial charge is 0.384 e. The van der Waals surface area contributed by atoms with Crippen LogP contribution in [-0.4, -0.2) is 37.2 Å². The van der Waals surface area contributed by atoms with Crippen LogP contribution in [0.15, 0.2) is 18.2 Å². The molecule has 1 aromatic rings. The number of morpholine rings is 1. The molecule has 1 N–H and O–H groups in total. The standard InChI is InChI=1S/C15H22N2O/c1-2-14-11-18-8-7-17(14)10-12-3-4-15-13(9-12)5-6-16-15/h3-4,9,14,16H,2,5-8,10-11H2,1H3. The van der Waals surface area contributed by atoms with Crippen LogP contribution in [0, 0.1) is 0 Å². The van der Waals surface area contributed by atoms with E-state index in [1.807, 2.05) is 0 Å². The Balaban J connectivity index is 1.71. The summed E-state index contributed by atoms with van der Waals surface area (Å²) in [6.07, 6.45) is 2.34. The van der Waals surface area contributed by atoms with Gasteiger partial charge in [-0.3, -0.25) is 4.90 Å². The number of hydrogen-bond acceptors (Lipinski definition) is 3. The molecule has 0 spiro atoms. The summed E-state index contributed by atoms with van der Waals surface area (Å²) in [6.45, 7) is 7.24. The van der Waals surface area contributed by atoms with Crippen LogP contribution in [0.25, 0.3) is 0 Å². The highest BCUT2D eigenvalue weighted by atomic mass is 16.5. The van der Waals surface area contributed by atoms with Crippen LogP contribution in [0.3, 0.4) is 0 Å². The van der Waals surface area contributed by atoms with Crippen molar-refractivity contribution in [3.63, 3.8) is 0 Å². The van der Waals surface area contributed by atoms with Gasteiger partial charge in [0.15, 0.2) is 0 Å². The van der Waals surface area contributed by atoms with E-state index in [-0.39, 0.29) is 0 Å². The number of fused-ring (bicyclic) bond motifs is 1. The zero-order chi connectivity index (χ0) is 12.4. The molecule has 1 fully saturated rings. The van der Waals surface area contributed by atoms with Gasteiger partial charge < -0.3 is 10.1 Å². The van der Waals surface area contributed by atoms with Crippen LogP contribution in [0.1, 0.15) is 24.5 Å². The molecule has 18 heavy (non-hydrogen) atoms. The lowest BCUT2D eigenvalue weighted by atomic mass is 10.1. The van der Waals surface area contributed by atoms with E-state index in [1.54, 1.807) is 0 Å². The molecule has 2 aliphatic heterocycles. The zero-order valence-corrected chi connectivity index (χ0v) is 11.1. The van der Waals surface area contributed by atoms with Gasteiger partial charge in [0.2, 0.25) is 0 Å². The number of rotatable bonds is 3. The van der Waals surface area contributed by atoms with E-state index in [0.717, 1.165) is 32.8 Å². The summed E-state index contributed by atoms with van der Waals surface area (Å²) in [4.78, 5) is 2.56. The summed E-state index contributed by atoms with van der Waals surface area (Å²) in [5.74, 6) is 0. The maximum absolute atomic E-state index is 5.56. The fourth-order valence-electron chi connectivity index (χ4n) is 2.96. The second-order valence-corrected chi connectivity index (χ2v) is 5.28. The van der Waals surface area contributed by atoms with E-state index >= 15 is 0 Å². The molecule has 2 heterocycles. The highest BCUT2D eigenvalue weighted by Gasteiger charge is 2.21. The average molecular weight is 246 g/mol. The molecule has 0 aliphatic carbocycles. The second kappa shape index (κ2) is 5.29. The quantitative estimate of drug-likeness (QED) is 0.885. The van der Waals surface area contributed by atoms with Gasteiger partial charge in [0.25, 0.3) is 0 Å². The molecule has 0 aromatic heterocycles. The van der Waals surface area contributed by atoms with Crippen molar-refractivity contribution in [3.05, 3.63) is 29.3 Å². The fraction of sp³-hybridized carbons (Fsp3) is 0.600. The predicted molar refractivity (Wildman–Crippen MR) is 73.9 cm³/mol. The minimum absolute atomic E-state index is 0.588. The molecule has 98 valence electrons. The van der Waals surface area contributed by atoms with Crippen LogP contribution < -0.4 is 5.32 Å². The third-order valence-electron chi connectivity index (χ3n) is 4.09. The molecule has 3 heteroatoms. The lowest BCUT2D eigenvalue weighted by Crippen LogP contribution is -2.44. The minimum atomic E-state index is 0.588. The Labute approximate surface area is 109 Å². The summed E-state index contributed by atoms with van der Waals surface area (Å²) in [5, 5.41) is 3.42. The molecule has 1 atom stereocenters. The molecule has 0 amide bonds. The van der Waals surface area contributed by atoms with Crippen LogP contribution in [0.2, 0.25) is 0 Å². The summed E-state index contributed by atoms with van der Waals surface area (Å²) in [7, 11) is 0. The van der Waals surface area contributed by atoms with Crippen molar-refractivity contribution >= 4 is 5.69 Å². The zero-order valence-electron chi connectivity index (χ0n) is 11.1.